The Balaban J connectivity index is 1.45. The molecule has 0 saturated heterocycles. The number of hydrogen-bond acceptors (Lipinski definition) is 5. The zero-order valence-electron chi connectivity index (χ0n) is 22.4. The maximum Gasteiger partial charge on any atom is 0.255 e. The van der Waals surface area contributed by atoms with E-state index in [9.17, 15) is 9.59 Å². The lowest BCUT2D eigenvalue weighted by Gasteiger charge is -2.22. The molecule has 0 aliphatic rings. The van der Waals surface area contributed by atoms with E-state index in [1.807, 2.05) is 97.4 Å². The fraction of sp³-hybridized carbons (Fsp3) is 0.156. The van der Waals surface area contributed by atoms with Crippen LogP contribution in [-0.4, -0.2) is 39.4 Å². The van der Waals surface area contributed by atoms with Crippen molar-refractivity contribution >= 4 is 17.8 Å². The van der Waals surface area contributed by atoms with Gasteiger partial charge >= 0.3 is 0 Å². The minimum atomic E-state index is -0.388. The van der Waals surface area contributed by atoms with Crippen LogP contribution in [-0.2, 0) is 11.3 Å². The summed E-state index contributed by atoms with van der Waals surface area (Å²) in [6, 6.07) is 28.2. The molecule has 1 N–H and O–H groups in total. The Morgan fingerprint density at radius 1 is 0.975 bits per heavy atom. The summed E-state index contributed by atoms with van der Waals surface area (Å²) < 4.78 is 13.0. The number of anilines is 1. The Morgan fingerprint density at radius 3 is 2.52 bits per heavy atom. The Bertz CT molecular complexity index is 1590. The Morgan fingerprint density at radius 2 is 1.77 bits per heavy atom. The first-order chi connectivity index (χ1) is 19.5. The first kappa shape index (κ1) is 26.5. The molecule has 8 nitrogen and oxygen atoms in total. The fourth-order valence-electron chi connectivity index (χ4n) is 4.41. The molecule has 5 rings (SSSR count). The molecule has 0 unspecified atom stereocenters. The van der Waals surface area contributed by atoms with E-state index in [0.29, 0.717) is 35.3 Å². The van der Waals surface area contributed by atoms with Gasteiger partial charge in [0, 0.05) is 23.4 Å². The maximum atomic E-state index is 13.5. The molecule has 3 aromatic carbocycles. The number of ether oxygens (including phenoxy) is 1. The number of nitrogens with zero attached hydrogens (tertiary/aromatic N) is 3. The minimum Gasteiger partial charge on any atom is -0.494 e. The van der Waals surface area contributed by atoms with Gasteiger partial charge in [0.25, 0.3) is 5.91 Å². The number of benzene rings is 3. The van der Waals surface area contributed by atoms with Gasteiger partial charge in [0.05, 0.1) is 30.8 Å². The van der Waals surface area contributed by atoms with E-state index in [2.05, 4.69) is 5.32 Å². The molecular formula is C32H30N4O4. The predicted octanol–water partition coefficient (Wildman–Crippen LogP) is 6.12. The van der Waals surface area contributed by atoms with Gasteiger partial charge < -0.3 is 14.1 Å². The lowest BCUT2D eigenvalue weighted by molar-refractivity contribution is -0.117. The molecule has 0 radical (unpaired) electrons. The van der Waals surface area contributed by atoms with Crippen LogP contribution in [0.5, 0.6) is 5.75 Å². The molecule has 2 aromatic heterocycles. The standard InChI is InChI=1S/C32H30N4O4/c1-3-39-26-15-9-14-25(19-26)36-21-29(24-12-5-4-6-13-24)33-32(36)34-30(37)22-35(20-27-16-10-18-40-27)31(38)28-17-8-7-11-23(28)2/h4-19,21H,3,20,22H2,1-2H3,(H,33,34,37). The Labute approximate surface area is 232 Å². The van der Waals surface area contributed by atoms with Crippen molar-refractivity contribution in [2.24, 2.45) is 0 Å². The molecule has 202 valence electrons. The second-order valence-corrected chi connectivity index (χ2v) is 9.22. The molecule has 0 aliphatic heterocycles. The topological polar surface area (TPSA) is 89.6 Å². The van der Waals surface area contributed by atoms with Crippen molar-refractivity contribution in [3.05, 3.63) is 120 Å². The van der Waals surface area contributed by atoms with Crippen molar-refractivity contribution in [1.82, 2.24) is 14.5 Å². The number of aromatic nitrogens is 2. The summed E-state index contributed by atoms with van der Waals surface area (Å²) in [6.07, 6.45) is 3.42. The van der Waals surface area contributed by atoms with E-state index in [4.69, 9.17) is 14.1 Å². The number of furan rings is 1. The zero-order valence-corrected chi connectivity index (χ0v) is 22.4. The zero-order chi connectivity index (χ0) is 27.9. The van der Waals surface area contributed by atoms with Gasteiger partial charge in [-0.1, -0.05) is 54.6 Å². The van der Waals surface area contributed by atoms with Crippen LogP contribution in [0, 0.1) is 6.92 Å². The lowest BCUT2D eigenvalue weighted by atomic mass is 10.1. The Hall–Kier alpha value is -5.11. The average molecular weight is 535 g/mol. The molecule has 0 atom stereocenters. The smallest absolute Gasteiger partial charge is 0.255 e. The molecule has 0 bridgehead atoms. The minimum absolute atomic E-state index is 0.147. The number of aryl methyl sites for hydroxylation is 1. The normalized spacial score (nSPS) is 10.8. The molecule has 2 heterocycles. The van der Waals surface area contributed by atoms with Gasteiger partial charge in [0.15, 0.2) is 0 Å². The number of rotatable bonds is 10. The van der Waals surface area contributed by atoms with Gasteiger partial charge in [-0.25, -0.2) is 4.98 Å². The van der Waals surface area contributed by atoms with E-state index in [0.717, 1.165) is 16.8 Å². The summed E-state index contributed by atoms with van der Waals surface area (Å²) in [7, 11) is 0. The average Bonchev–Trinajstić information content (AvgIpc) is 3.64. The third kappa shape index (κ3) is 6.13. The van der Waals surface area contributed by atoms with Crippen LogP contribution in [0.2, 0.25) is 0 Å². The van der Waals surface area contributed by atoms with Crippen molar-refractivity contribution in [2.45, 2.75) is 20.4 Å². The van der Waals surface area contributed by atoms with Crippen LogP contribution in [0.4, 0.5) is 5.95 Å². The van der Waals surface area contributed by atoms with Crippen LogP contribution >= 0.6 is 0 Å². The second-order valence-electron chi connectivity index (χ2n) is 9.22. The highest BCUT2D eigenvalue weighted by molar-refractivity contribution is 5.99. The fourth-order valence-corrected chi connectivity index (χ4v) is 4.41. The molecule has 0 saturated carbocycles. The molecule has 5 aromatic rings. The molecular weight excluding hydrogens is 504 g/mol. The SMILES string of the molecule is CCOc1cccc(-n2cc(-c3ccccc3)nc2NC(=O)CN(Cc2ccco2)C(=O)c2ccccc2C)c1. The van der Waals surface area contributed by atoms with Crippen molar-refractivity contribution in [3.63, 3.8) is 0 Å². The van der Waals surface area contributed by atoms with Gasteiger partial charge in [-0.3, -0.25) is 19.5 Å². The van der Waals surface area contributed by atoms with E-state index in [-0.39, 0.29) is 24.9 Å². The number of carbonyl (C=O) groups excluding carboxylic acids is 2. The largest absolute Gasteiger partial charge is 0.494 e. The quantitative estimate of drug-likeness (QED) is 0.233. The first-order valence-corrected chi connectivity index (χ1v) is 13.1. The third-order valence-electron chi connectivity index (χ3n) is 6.36. The summed E-state index contributed by atoms with van der Waals surface area (Å²) in [5.74, 6) is 0.970. The first-order valence-electron chi connectivity index (χ1n) is 13.1. The van der Waals surface area contributed by atoms with Crippen molar-refractivity contribution in [2.75, 3.05) is 18.5 Å². The summed E-state index contributed by atoms with van der Waals surface area (Å²) in [6.45, 7) is 4.28. The van der Waals surface area contributed by atoms with Crippen LogP contribution in [0.3, 0.4) is 0 Å². The predicted molar refractivity (Wildman–Crippen MR) is 153 cm³/mol. The van der Waals surface area contributed by atoms with E-state index in [1.165, 1.54) is 4.90 Å². The van der Waals surface area contributed by atoms with Crippen molar-refractivity contribution in [1.29, 1.82) is 0 Å². The molecule has 2 amide bonds. The molecule has 0 fully saturated rings. The summed E-state index contributed by atoms with van der Waals surface area (Å²) >= 11 is 0. The van der Waals surface area contributed by atoms with Gasteiger partial charge in [-0.2, -0.15) is 0 Å². The van der Waals surface area contributed by atoms with Crippen LogP contribution in [0.1, 0.15) is 28.6 Å². The van der Waals surface area contributed by atoms with Crippen molar-refractivity contribution in [3.8, 4) is 22.7 Å². The summed E-state index contributed by atoms with van der Waals surface area (Å²) in [5, 5.41) is 2.93. The highest BCUT2D eigenvalue weighted by Gasteiger charge is 2.23. The summed E-state index contributed by atoms with van der Waals surface area (Å²) in [4.78, 5) is 33.2. The third-order valence-corrected chi connectivity index (χ3v) is 6.36. The van der Waals surface area contributed by atoms with E-state index in [1.54, 1.807) is 24.5 Å². The van der Waals surface area contributed by atoms with Crippen molar-refractivity contribution < 1.29 is 18.7 Å². The van der Waals surface area contributed by atoms with Crippen LogP contribution in [0.15, 0.2) is 108 Å². The second kappa shape index (κ2) is 12.2. The number of imidazole rings is 1. The number of amides is 2. The van der Waals surface area contributed by atoms with Gasteiger partial charge in [-0.15, -0.1) is 0 Å². The monoisotopic (exact) mass is 534 g/mol. The van der Waals surface area contributed by atoms with Crippen LogP contribution in [0.25, 0.3) is 16.9 Å². The molecule has 40 heavy (non-hydrogen) atoms. The number of carbonyl (C=O) groups is 2. The number of nitrogens with one attached hydrogen (secondary N) is 1. The van der Waals surface area contributed by atoms with Gasteiger partial charge in [-0.05, 0) is 49.7 Å². The lowest BCUT2D eigenvalue weighted by Crippen LogP contribution is -2.38. The maximum absolute atomic E-state index is 13.5. The number of hydrogen-bond donors (Lipinski definition) is 1. The van der Waals surface area contributed by atoms with Crippen LogP contribution < -0.4 is 10.1 Å². The van der Waals surface area contributed by atoms with E-state index >= 15 is 0 Å². The Kier molecular flexibility index (Phi) is 8.06. The summed E-state index contributed by atoms with van der Waals surface area (Å²) in [5.41, 5.74) is 3.74. The molecule has 0 spiro atoms. The highest BCUT2D eigenvalue weighted by atomic mass is 16.5. The van der Waals surface area contributed by atoms with Gasteiger partial charge in [0.1, 0.15) is 18.1 Å². The van der Waals surface area contributed by atoms with E-state index < -0.39 is 0 Å². The molecule has 0 aliphatic carbocycles. The van der Waals surface area contributed by atoms with Gasteiger partial charge in [0.2, 0.25) is 11.9 Å². The molecule has 8 heteroatoms. The highest BCUT2D eigenvalue weighted by Crippen LogP contribution is 2.26.